The largest absolute Gasteiger partial charge is 0.493 e. The van der Waals surface area contributed by atoms with Crippen LogP contribution in [0.2, 0.25) is 5.02 Å². The van der Waals surface area contributed by atoms with Crippen molar-refractivity contribution in [3.8, 4) is 28.3 Å². The van der Waals surface area contributed by atoms with Crippen LogP contribution in [-0.4, -0.2) is 57.7 Å². The number of esters is 1. The second-order valence-electron chi connectivity index (χ2n) is 11.1. The summed E-state index contributed by atoms with van der Waals surface area (Å²) in [5.74, 6) is 0.0981. The number of hydrogen-bond acceptors (Lipinski definition) is 8. The first-order chi connectivity index (χ1) is 19.7. The first-order valence-corrected chi connectivity index (χ1v) is 13.5. The number of halogens is 1. The van der Waals surface area contributed by atoms with E-state index in [-0.39, 0.29) is 18.7 Å². The Kier molecular flexibility index (Phi) is 8.81. The van der Waals surface area contributed by atoms with E-state index in [4.69, 9.17) is 30.5 Å². The Morgan fingerprint density at radius 3 is 2.33 bits per heavy atom. The van der Waals surface area contributed by atoms with Crippen LogP contribution >= 0.6 is 11.6 Å². The van der Waals surface area contributed by atoms with Crippen LogP contribution in [0.15, 0.2) is 65.8 Å². The van der Waals surface area contributed by atoms with E-state index in [1.165, 1.54) is 22.5 Å². The molecule has 12 heteroatoms. The van der Waals surface area contributed by atoms with Gasteiger partial charge in [0.15, 0.2) is 11.5 Å². The minimum absolute atomic E-state index is 0.00796. The first kappa shape index (κ1) is 30.4. The Labute approximate surface area is 247 Å². The average Bonchev–Trinajstić information content (AvgIpc) is 3.36. The van der Waals surface area contributed by atoms with Crippen LogP contribution in [0.5, 0.6) is 11.5 Å². The fraction of sp³-hybridized carbons (Fsp3) is 0.333. The summed E-state index contributed by atoms with van der Waals surface area (Å²) in [6.45, 7) is 8.16. The molecule has 0 aliphatic rings. The van der Waals surface area contributed by atoms with E-state index >= 15 is 0 Å². The SMILES string of the molecule is COc1cc(-n2cnn3cc(-c4ccc(Cl)cc4)cc3c2=O)ccc1OCC(C)(C)OC(=O)CNC(=O)OC(C)(C)C. The van der Waals surface area contributed by atoms with Gasteiger partial charge < -0.3 is 24.3 Å². The third kappa shape index (κ3) is 7.61. The van der Waals surface area contributed by atoms with Crippen LogP contribution in [0.4, 0.5) is 4.79 Å². The molecule has 0 aliphatic carbocycles. The van der Waals surface area contributed by atoms with Gasteiger partial charge in [0.05, 0.1) is 12.8 Å². The smallest absolute Gasteiger partial charge is 0.408 e. The Bertz CT molecular complexity index is 1650. The van der Waals surface area contributed by atoms with Gasteiger partial charge >= 0.3 is 12.1 Å². The number of alkyl carbamates (subject to hydrolysis) is 1. The van der Waals surface area contributed by atoms with Gasteiger partial charge in [0.1, 0.15) is 36.2 Å². The van der Waals surface area contributed by atoms with Crippen LogP contribution in [-0.2, 0) is 14.3 Å². The number of ether oxygens (including phenoxy) is 4. The highest BCUT2D eigenvalue weighted by Gasteiger charge is 2.26. The highest BCUT2D eigenvalue weighted by Crippen LogP contribution is 2.30. The highest BCUT2D eigenvalue weighted by molar-refractivity contribution is 6.30. The van der Waals surface area contributed by atoms with Crippen molar-refractivity contribution in [3.05, 3.63) is 76.4 Å². The predicted octanol–water partition coefficient (Wildman–Crippen LogP) is 5.04. The lowest BCUT2D eigenvalue weighted by Crippen LogP contribution is -2.40. The monoisotopic (exact) mass is 596 g/mol. The first-order valence-electron chi connectivity index (χ1n) is 13.1. The lowest BCUT2D eigenvalue weighted by Gasteiger charge is -2.26. The summed E-state index contributed by atoms with van der Waals surface area (Å²) in [6.07, 6.45) is 2.50. The van der Waals surface area contributed by atoms with Gasteiger partial charge in [0.2, 0.25) is 0 Å². The molecule has 0 fully saturated rings. The van der Waals surface area contributed by atoms with Crippen molar-refractivity contribution in [3.63, 3.8) is 0 Å². The number of carbonyl (C=O) groups is 2. The zero-order valence-corrected chi connectivity index (χ0v) is 25.0. The summed E-state index contributed by atoms with van der Waals surface area (Å²) in [7, 11) is 1.48. The van der Waals surface area contributed by atoms with E-state index in [2.05, 4.69) is 10.4 Å². The second-order valence-corrected chi connectivity index (χ2v) is 11.5. The van der Waals surface area contributed by atoms with Crippen LogP contribution in [0.25, 0.3) is 22.3 Å². The second kappa shape index (κ2) is 12.2. The van der Waals surface area contributed by atoms with Crippen molar-refractivity contribution in [2.45, 2.75) is 45.8 Å². The molecule has 0 saturated heterocycles. The van der Waals surface area contributed by atoms with Crippen LogP contribution in [0.3, 0.4) is 0 Å². The molecule has 0 saturated carbocycles. The maximum Gasteiger partial charge on any atom is 0.408 e. The Balaban J connectivity index is 1.45. The molecule has 0 radical (unpaired) electrons. The summed E-state index contributed by atoms with van der Waals surface area (Å²) in [5, 5.41) is 7.39. The molecule has 0 bridgehead atoms. The third-order valence-corrected chi connectivity index (χ3v) is 6.13. The van der Waals surface area contributed by atoms with Gasteiger partial charge in [-0.15, -0.1) is 0 Å². The minimum Gasteiger partial charge on any atom is -0.493 e. The molecular weight excluding hydrogens is 564 g/mol. The van der Waals surface area contributed by atoms with Gasteiger partial charge in [-0.25, -0.2) is 9.31 Å². The fourth-order valence-corrected chi connectivity index (χ4v) is 4.11. The van der Waals surface area contributed by atoms with Crippen LogP contribution < -0.4 is 20.3 Å². The molecule has 2 heterocycles. The van der Waals surface area contributed by atoms with Gasteiger partial charge in [0, 0.05) is 22.8 Å². The van der Waals surface area contributed by atoms with Crippen molar-refractivity contribution in [2.24, 2.45) is 0 Å². The van der Waals surface area contributed by atoms with Crippen LogP contribution in [0.1, 0.15) is 34.6 Å². The number of benzene rings is 2. The normalized spacial score (nSPS) is 11.7. The average molecular weight is 597 g/mol. The molecule has 222 valence electrons. The quantitative estimate of drug-likeness (QED) is 0.267. The Hall–Kier alpha value is -4.51. The standard InChI is InChI=1S/C30H33ClN4O7/c1-29(2,3)42-28(38)32-15-26(36)41-30(4,5)17-40-24-12-11-22(14-25(24)39-6)34-18-33-35-16-20(13-23(35)27(34)37)19-7-9-21(31)10-8-19/h7-14,16,18H,15,17H2,1-6H3,(H,32,38). The van der Waals surface area contributed by atoms with E-state index in [0.717, 1.165) is 11.1 Å². The molecule has 2 aromatic heterocycles. The van der Waals surface area contributed by atoms with Crippen LogP contribution in [0, 0.1) is 0 Å². The lowest BCUT2D eigenvalue weighted by atomic mass is 10.1. The number of aromatic nitrogens is 3. The molecule has 1 N–H and O–H groups in total. The molecular formula is C30H33ClN4O7. The number of rotatable bonds is 9. The maximum atomic E-state index is 13.4. The zero-order valence-electron chi connectivity index (χ0n) is 24.3. The summed E-state index contributed by atoms with van der Waals surface area (Å²) in [6, 6.07) is 14.1. The molecule has 4 aromatic rings. The summed E-state index contributed by atoms with van der Waals surface area (Å²) in [4.78, 5) is 37.4. The molecule has 1 amide bonds. The molecule has 42 heavy (non-hydrogen) atoms. The van der Waals surface area contributed by atoms with E-state index in [9.17, 15) is 14.4 Å². The van der Waals surface area contributed by atoms with E-state index in [1.54, 1.807) is 77.2 Å². The minimum atomic E-state index is -1.03. The number of nitrogens with zero attached hydrogens (tertiary/aromatic N) is 3. The van der Waals surface area contributed by atoms with Crippen molar-refractivity contribution < 1.29 is 28.5 Å². The molecule has 0 unspecified atom stereocenters. The van der Waals surface area contributed by atoms with Gasteiger partial charge in [-0.2, -0.15) is 5.10 Å². The van der Waals surface area contributed by atoms with Crippen molar-refractivity contribution in [1.82, 2.24) is 19.5 Å². The maximum absolute atomic E-state index is 13.4. The van der Waals surface area contributed by atoms with Crippen molar-refractivity contribution in [2.75, 3.05) is 20.3 Å². The Morgan fingerprint density at radius 2 is 1.67 bits per heavy atom. The van der Waals surface area contributed by atoms with Crippen molar-refractivity contribution >= 4 is 29.2 Å². The number of nitrogens with one attached hydrogen (secondary N) is 1. The van der Waals surface area contributed by atoms with Gasteiger partial charge in [0.25, 0.3) is 5.56 Å². The predicted molar refractivity (Wildman–Crippen MR) is 158 cm³/mol. The number of fused-ring (bicyclic) bond motifs is 1. The number of methoxy groups -OCH3 is 1. The lowest BCUT2D eigenvalue weighted by molar-refractivity contribution is -0.157. The zero-order chi connectivity index (χ0) is 30.7. The van der Waals surface area contributed by atoms with Gasteiger partial charge in [-0.05, 0) is 70.5 Å². The van der Waals surface area contributed by atoms with E-state index in [0.29, 0.717) is 27.7 Å². The third-order valence-electron chi connectivity index (χ3n) is 5.87. The summed E-state index contributed by atoms with van der Waals surface area (Å²) in [5.41, 5.74) is 0.675. The number of carbonyl (C=O) groups excluding carboxylic acids is 2. The van der Waals surface area contributed by atoms with Gasteiger partial charge in [-0.3, -0.25) is 14.2 Å². The number of hydrogen-bond donors (Lipinski definition) is 1. The summed E-state index contributed by atoms with van der Waals surface area (Å²) < 4.78 is 24.9. The fourth-order valence-electron chi connectivity index (χ4n) is 3.98. The van der Waals surface area contributed by atoms with E-state index in [1.807, 2.05) is 12.1 Å². The highest BCUT2D eigenvalue weighted by atomic mass is 35.5. The molecule has 2 aromatic carbocycles. The molecule has 0 spiro atoms. The Morgan fingerprint density at radius 1 is 0.952 bits per heavy atom. The van der Waals surface area contributed by atoms with Gasteiger partial charge in [-0.1, -0.05) is 23.7 Å². The number of amides is 1. The molecule has 0 aliphatic heterocycles. The summed E-state index contributed by atoms with van der Waals surface area (Å²) >= 11 is 6.00. The van der Waals surface area contributed by atoms with Crippen molar-refractivity contribution in [1.29, 1.82) is 0 Å². The molecule has 4 rings (SSSR count). The molecule has 11 nitrogen and oxygen atoms in total. The molecule has 0 atom stereocenters. The topological polar surface area (TPSA) is 122 Å². The van der Waals surface area contributed by atoms with E-state index < -0.39 is 23.3 Å².